The minimum absolute atomic E-state index is 0.197. The Balaban J connectivity index is 2.24. The third-order valence-electron chi connectivity index (χ3n) is 2.84. The molecule has 0 aliphatic carbocycles. The Labute approximate surface area is 109 Å². The van der Waals surface area contributed by atoms with E-state index in [1.807, 2.05) is 6.92 Å². The van der Waals surface area contributed by atoms with Gasteiger partial charge in [-0.2, -0.15) is 5.10 Å². The fourth-order valence-electron chi connectivity index (χ4n) is 1.91. The molecule has 0 radical (unpaired) electrons. The summed E-state index contributed by atoms with van der Waals surface area (Å²) in [5, 5.41) is 4.02. The minimum Gasteiger partial charge on any atom is -0.292 e. The van der Waals surface area contributed by atoms with Crippen LogP contribution >= 0.6 is 0 Å². The number of ketones is 1. The van der Waals surface area contributed by atoms with Gasteiger partial charge in [-0.05, 0) is 24.6 Å². The molecule has 19 heavy (non-hydrogen) atoms. The van der Waals surface area contributed by atoms with E-state index >= 15 is 0 Å². The van der Waals surface area contributed by atoms with Gasteiger partial charge in [0, 0.05) is 24.7 Å². The molecule has 0 saturated heterocycles. The van der Waals surface area contributed by atoms with E-state index < -0.39 is 11.6 Å². The van der Waals surface area contributed by atoms with E-state index in [1.54, 1.807) is 10.7 Å². The molecular weight excluding hydrogens is 250 g/mol. The Morgan fingerprint density at radius 1 is 1.26 bits per heavy atom. The number of rotatable bonds is 5. The van der Waals surface area contributed by atoms with E-state index in [0.29, 0.717) is 12.2 Å². The number of nitrogens with zero attached hydrogens (tertiary/aromatic N) is 2. The first-order valence-electron chi connectivity index (χ1n) is 6.11. The van der Waals surface area contributed by atoms with E-state index in [0.717, 1.165) is 18.6 Å². The largest absolute Gasteiger partial charge is 0.292 e. The van der Waals surface area contributed by atoms with Crippen molar-refractivity contribution in [2.24, 2.45) is 0 Å². The van der Waals surface area contributed by atoms with Gasteiger partial charge in [-0.1, -0.05) is 13.0 Å². The summed E-state index contributed by atoms with van der Waals surface area (Å²) in [6, 6.07) is 5.14. The molecule has 1 heterocycles. The first-order chi connectivity index (χ1) is 9.13. The van der Waals surface area contributed by atoms with Crippen molar-refractivity contribution in [3.05, 3.63) is 53.4 Å². The second kappa shape index (κ2) is 5.73. The summed E-state index contributed by atoms with van der Waals surface area (Å²) < 4.78 is 28.5. The maximum absolute atomic E-state index is 13.5. The number of halogens is 2. The molecule has 2 rings (SSSR count). The molecule has 1 aromatic heterocycles. The minimum atomic E-state index is -0.699. The van der Waals surface area contributed by atoms with Crippen LogP contribution in [0.4, 0.5) is 8.78 Å². The van der Waals surface area contributed by atoms with Gasteiger partial charge in [0.1, 0.15) is 17.3 Å². The predicted molar refractivity (Wildman–Crippen MR) is 66.9 cm³/mol. The highest BCUT2D eigenvalue weighted by Crippen LogP contribution is 2.15. The lowest BCUT2D eigenvalue weighted by atomic mass is 10.1. The molecule has 0 fully saturated rings. The van der Waals surface area contributed by atoms with E-state index in [9.17, 15) is 13.6 Å². The predicted octanol–water partition coefficient (Wildman–Crippen LogP) is 3.00. The van der Waals surface area contributed by atoms with E-state index in [1.165, 1.54) is 12.3 Å². The number of aryl methyl sites for hydroxylation is 1. The fourth-order valence-corrected chi connectivity index (χ4v) is 1.91. The zero-order valence-corrected chi connectivity index (χ0v) is 10.6. The molecule has 1 aromatic carbocycles. The highest BCUT2D eigenvalue weighted by atomic mass is 19.1. The summed E-state index contributed by atoms with van der Waals surface area (Å²) in [5.41, 5.74) is 0.182. The van der Waals surface area contributed by atoms with Gasteiger partial charge in [0.25, 0.3) is 0 Å². The smallest absolute Gasteiger partial charge is 0.185 e. The van der Waals surface area contributed by atoms with Gasteiger partial charge in [0.15, 0.2) is 5.78 Å². The Morgan fingerprint density at radius 2 is 1.95 bits per heavy atom. The molecule has 0 amide bonds. The van der Waals surface area contributed by atoms with Crippen molar-refractivity contribution in [3.8, 4) is 0 Å². The van der Waals surface area contributed by atoms with Crippen molar-refractivity contribution in [2.45, 2.75) is 26.3 Å². The van der Waals surface area contributed by atoms with Gasteiger partial charge in [-0.15, -0.1) is 0 Å². The zero-order chi connectivity index (χ0) is 13.8. The molecule has 0 saturated carbocycles. The second-order valence-electron chi connectivity index (χ2n) is 4.24. The monoisotopic (exact) mass is 264 g/mol. The van der Waals surface area contributed by atoms with Crippen molar-refractivity contribution in [1.29, 1.82) is 0 Å². The molecule has 100 valence electrons. The number of carbonyl (C=O) groups is 1. The summed E-state index contributed by atoms with van der Waals surface area (Å²) in [4.78, 5) is 12.1. The lowest BCUT2D eigenvalue weighted by Gasteiger charge is -2.06. The number of hydrogen-bond donors (Lipinski definition) is 0. The quantitative estimate of drug-likeness (QED) is 0.778. The molecule has 0 spiro atoms. The number of hydrogen-bond acceptors (Lipinski definition) is 2. The Hall–Kier alpha value is -2.04. The lowest BCUT2D eigenvalue weighted by Crippen LogP contribution is -2.14. The first-order valence-corrected chi connectivity index (χ1v) is 6.11. The van der Waals surface area contributed by atoms with Crippen molar-refractivity contribution in [3.63, 3.8) is 0 Å². The van der Waals surface area contributed by atoms with Gasteiger partial charge in [0.05, 0.1) is 0 Å². The molecule has 2 aromatic rings. The molecule has 0 aliphatic heterocycles. The third-order valence-corrected chi connectivity index (χ3v) is 2.84. The first kappa shape index (κ1) is 13.4. The number of carbonyl (C=O) groups excluding carboxylic acids is 1. The average Bonchev–Trinajstić information content (AvgIpc) is 2.83. The van der Waals surface area contributed by atoms with Gasteiger partial charge in [-0.3, -0.25) is 9.48 Å². The van der Waals surface area contributed by atoms with Crippen LogP contribution in [0.25, 0.3) is 0 Å². The van der Waals surface area contributed by atoms with Crippen LogP contribution in [0.2, 0.25) is 0 Å². The third kappa shape index (κ3) is 2.86. The van der Waals surface area contributed by atoms with Crippen LogP contribution < -0.4 is 0 Å². The van der Waals surface area contributed by atoms with Crippen LogP contribution in [0.5, 0.6) is 0 Å². The van der Waals surface area contributed by atoms with Crippen LogP contribution in [0.3, 0.4) is 0 Å². The van der Waals surface area contributed by atoms with Gasteiger partial charge in [0.2, 0.25) is 0 Å². The lowest BCUT2D eigenvalue weighted by molar-refractivity contribution is 0.0980. The van der Waals surface area contributed by atoms with Crippen molar-refractivity contribution in [1.82, 2.24) is 9.78 Å². The van der Waals surface area contributed by atoms with E-state index in [4.69, 9.17) is 0 Å². The Morgan fingerprint density at radius 3 is 2.58 bits per heavy atom. The molecule has 3 nitrogen and oxygen atoms in total. The summed E-state index contributed by atoms with van der Waals surface area (Å²) in [6.07, 6.45) is 2.05. The van der Waals surface area contributed by atoms with Gasteiger partial charge in [-0.25, -0.2) is 8.78 Å². The molecule has 0 atom stereocenters. The van der Waals surface area contributed by atoms with Gasteiger partial charge < -0.3 is 0 Å². The summed E-state index contributed by atoms with van der Waals surface area (Å²) in [5.74, 6) is -1.74. The van der Waals surface area contributed by atoms with Gasteiger partial charge >= 0.3 is 0 Å². The highest BCUT2D eigenvalue weighted by molar-refractivity contribution is 5.96. The van der Waals surface area contributed by atoms with Crippen molar-refractivity contribution in [2.75, 3.05) is 0 Å². The van der Waals surface area contributed by atoms with Crippen LogP contribution in [0.15, 0.2) is 30.5 Å². The number of aromatic nitrogens is 2. The fraction of sp³-hybridized carbons (Fsp3) is 0.286. The molecular formula is C14H14F2N2O. The maximum atomic E-state index is 13.5. The van der Waals surface area contributed by atoms with Crippen LogP contribution in [0.1, 0.15) is 29.4 Å². The topological polar surface area (TPSA) is 34.9 Å². The maximum Gasteiger partial charge on any atom is 0.185 e. The molecule has 0 aliphatic rings. The van der Waals surface area contributed by atoms with E-state index in [2.05, 4.69) is 5.10 Å². The standard InChI is InChI=1S/C14H14F2N2O/c1-2-8-18-13(6-7-17-18)14(19)9-10-11(15)4-3-5-12(10)16/h3-7H,2,8-9H2,1H3. The number of Topliss-reactive ketones (excluding diaryl/α,β-unsaturated/α-hetero) is 1. The second-order valence-corrected chi connectivity index (χ2v) is 4.24. The van der Waals surface area contributed by atoms with Crippen LogP contribution in [-0.2, 0) is 13.0 Å². The van der Waals surface area contributed by atoms with Crippen LogP contribution in [0, 0.1) is 11.6 Å². The molecule has 0 unspecified atom stereocenters. The van der Waals surface area contributed by atoms with Crippen molar-refractivity contribution < 1.29 is 13.6 Å². The average molecular weight is 264 g/mol. The SMILES string of the molecule is CCCn1nccc1C(=O)Cc1c(F)cccc1F. The summed E-state index contributed by atoms with van der Waals surface area (Å²) in [6.45, 7) is 2.57. The van der Waals surface area contributed by atoms with E-state index in [-0.39, 0.29) is 17.8 Å². The van der Waals surface area contributed by atoms with Crippen LogP contribution in [-0.4, -0.2) is 15.6 Å². The normalized spacial score (nSPS) is 10.7. The summed E-state index contributed by atoms with van der Waals surface area (Å²) >= 11 is 0. The zero-order valence-electron chi connectivity index (χ0n) is 10.6. The Bertz CT molecular complexity index is 573. The highest BCUT2D eigenvalue weighted by Gasteiger charge is 2.17. The molecule has 5 heteroatoms. The molecule has 0 N–H and O–H groups in total. The summed E-state index contributed by atoms with van der Waals surface area (Å²) in [7, 11) is 0. The molecule has 0 bridgehead atoms. The number of benzene rings is 1. The van der Waals surface area contributed by atoms with Crippen molar-refractivity contribution >= 4 is 5.78 Å². The Kier molecular flexibility index (Phi) is 4.04.